The van der Waals surface area contributed by atoms with E-state index >= 15 is 0 Å². The highest BCUT2D eigenvalue weighted by molar-refractivity contribution is 6.04. The zero-order valence-corrected chi connectivity index (χ0v) is 17.5. The van der Waals surface area contributed by atoms with Crippen molar-refractivity contribution in [1.82, 2.24) is 0 Å². The molecule has 0 bridgehead atoms. The lowest BCUT2D eigenvalue weighted by atomic mass is 9.99. The van der Waals surface area contributed by atoms with E-state index < -0.39 is 5.97 Å². The van der Waals surface area contributed by atoms with Gasteiger partial charge in [0.15, 0.2) is 0 Å². The second-order valence-corrected chi connectivity index (χ2v) is 7.33. The monoisotopic (exact) mass is 417 g/mol. The van der Waals surface area contributed by atoms with Gasteiger partial charge >= 0.3 is 5.97 Å². The normalized spacial score (nSPS) is 12.8. The highest BCUT2D eigenvalue weighted by Crippen LogP contribution is 2.50. The number of fused-ring (bicyclic) bond motifs is 2. The van der Waals surface area contributed by atoms with E-state index in [2.05, 4.69) is 15.5 Å². The van der Waals surface area contributed by atoms with Gasteiger partial charge in [0.1, 0.15) is 5.75 Å². The first kappa shape index (κ1) is 20.3. The number of esters is 1. The minimum absolute atomic E-state index is 0.114. The summed E-state index contributed by atoms with van der Waals surface area (Å²) in [6, 6.07) is 17.8. The molecule has 0 saturated heterocycles. The number of benzene rings is 3. The summed E-state index contributed by atoms with van der Waals surface area (Å²) in [5.41, 5.74) is 4.79. The third-order valence-corrected chi connectivity index (χ3v) is 5.32. The highest BCUT2D eigenvalue weighted by atomic mass is 16.5. The molecule has 7 nitrogen and oxygen atoms in total. The summed E-state index contributed by atoms with van der Waals surface area (Å²) in [6.07, 6.45) is 0. The molecule has 3 aromatic carbocycles. The van der Waals surface area contributed by atoms with Gasteiger partial charge in [0.2, 0.25) is 5.91 Å². The molecule has 1 unspecified atom stereocenters. The molecule has 1 aliphatic heterocycles. The van der Waals surface area contributed by atoms with Gasteiger partial charge in [-0.25, -0.2) is 4.79 Å². The third kappa shape index (κ3) is 3.66. The maximum absolute atomic E-state index is 12.4. The van der Waals surface area contributed by atoms with Crippen LogP contribution in [0.4, 0.5) is 28.4 Å². The Balaban J connectivity index is 1.88. The number of hydrogen-bond acceptors (Lipinski definition) is 6. The van der Waals surface area contributed by atoms with Gasteiger partial charge in [-0.3, -0.25) is 4.79 Å². The molecule has 0 aliphatic carbocycles. The molecule has 0 saturated carbocycles. The number of amides is 1. The summed E-state index contributed by atoms with van der Waals surface area (Å²) in [5, 5.41) is 16.7. The van der Waals surface area contributed by atoms with Crippen molar-refractivity contribution >= 4 is 40.3 Å². The van der Waals surface area contributed by atoms with Gasteiger partial charge in [-0.1, -0.05) is 18.2 Å². The Bertz CT molecular complexity index is 1180. The minimum atomic E-state index is -0.438. The van der Waals surface area contributed by atoms with E-state index in [1.807, 2.05) is 37.3 Å². The molecule has 31 heavy (non-hydrogen) atoms. The number of carbonyl (C=O) groups excluding carboxylic acids is 2. The molecule has 1 aliphatic rings. The van der Waals surface area contributed by atoms with Crippen LogP contribution in [0.3, 0.4) is 0 Å². The molecule has 1 atom stereocenters. The summed E-state index contributed by atoms with van der Waals surface area (Å²) < 4.78 is 4.96. The molecule has 0 aromatic heterocycles. The summed E-state index contributed by atoms with van der Waals surface area (Å²) in [4.78, 5) is 25.9. The summed E-state index contributed by atoms with van der Waals surface area (Å²) in [6.45, 7) is 3.40. The zero-order valence-electron chi connectivity index (χ0n) is 17.5. The number of rotatable bonds is 4. The molecule has 0 fully saturated rings. The van der Waals surface area contributed by atoms with Crippen molar-refractivity contribution in [3.8, 4) is 5.75 Å². The van der Waals surface area contributed by atoms with Gasteiger partial charge in [-0.2, -0.15) is 0 Å². The lowest BCUT2D eigenvalue weighted by molar-refractivity contribution is -0.114. The van der Waals surface area contributed by atoms with E-state index in [1.54, 1.807) is 30.3 Å². The van der Waals surface area contributed by atoms with Crippen LogP contribution in [0, 0.1) is 0 Å². The number of nitrogens with one attached hydrogen (secondary N) is 2. The number of hydrogen-bond donors (Lipinski definition) is 3. The average Bonchev–Trinajstić information content (AvgIpc) is 2.77. The Morgan fingerprint density at radius 1 is 1.06 bits per heavy atom. The third-order valence-electron chi connectivity index (χ3n) is 5.32. The standard InChI is InChI=1S/C24H23N3O4/c1-14(18-13-16(25-15(2)28)11-12-22(18)29)27-20-9-5-4-8-19(20)26-23-17(24(30)31-3)7-6-10-21(23)27/h4-14,26,29H,1-3H3,(H,25,28). The first-order valence-electron chi connectivity index (χ1n) is 9.88. The predicted octanol–water partition coefficient (Wildman–Crippen LogP) is 5.09. The van der Waals surface area contributed by atoms with E-state index in [-0.39, 0.29) is 17.7 Å². The highest BCUT2D eigenvalue weighted by Gasteiger charge is 2.31. The quantitative estimate of drug-likeness (QED) is 0.404. The largest absolute Gasteiger partial charge is 0.508 e. The van der Waals surface area contributed by atoms with Crippen molar-refractivity contribution in [2.24, 2.45) is 0 Å². The number of para-hydroxylation sites is 3. The molecule has 1 heterocycles. The van der Waals surface area contributed by atoms with Gasteiger partial charge in [-0.15, -0.1) is 0 Å². The number of methoxy groups -OCH3 is 1. The van der Waals surface area contributed by atoms with E-state index in [0.29, 0.717) is 22.5 Å². The smallest absolute Gasteiger partial charge is 0.340 e. The molecule has 4 rings (SSSR count). The maximum Gasteiger partial charge on any atom is 0.340 e. The Labute approximate surface area is 180 Å². The van der Waals surface area contributed by atoms with Crippen molar-refractivity contribution in [3.05, 3.63) is 71.8 Å². The Morgan fingerprint density at radius 2 is 1.81 bits per heavy atom. The fraction of sp³-hybridized carbons (Fsp3) is 0.167. The van der Waals surface area contributed by atoms with Crippen molar-refractivity contribution in [3.63, 3.8) is 0 Å². The van der Waals surface area contributed by atoms with Crippen LogP contribution in [0.25, 0.3) is 0 Å². The molecular formula is C24H23N3O4. The molecular weight excluding hydrogens is 394 g/mol. The second kappa shape index (κ2) is 8.02. The number of nitrogens with zero attached hydrogens (tertiary/aromatic N) is 1. The lowest BCUT2D eigenvalue weighted by Gasteiger charge is -2.39. The molecule has 3 N–H and O–H groups in total. The van der Waals surface area contributed by atoms with Crippen molar-refractivity contribution < 1.29 is 19.4 Å². The average molecular weight is 417 g/mol. The van der Waals surface area contributed by atoms with E-state index in [9.17, 15) is 14.7 Å². The van der Waals surface area contributed by atoms with Crippen LogP contribution in [-0.4, -0.2) is 24.1 Å². The first-order valence-corrected chi connectivity index (χ1v) is 9.88. The van der Waals surface area contributed by atoms with Crippen LogP contribution < -0.4 is 15.5 Å². The second-order valence-electron chi connectivity index (χ2n) is 7.33. The number of carbonyl (C=O) groups is 2. The van der Waals surface area contributed by atoms with Crippen LogP contribution in [-0.2, 0) is 9.53 Å². The number of phenols is 1. The Kier molecular flexibility index (Phi) is 5.25. The maximum atomic E-state index is 12.4. The van der Waals surface area contributed by atoms with Crippen molar-refractivity contribution in [2.45, 2.75) is 19.9 Å². The zero-order chi connectivity index (χ0) is 22.1. The van der Waals surface area contributed by atoms with E-state index in [1.165, 1.54) is 14.0 Å². The van der Waals surface area contributed by atoms with Gasteiger partial charge < -0.3 is 25.4 Å². The molecule has 158 valence electrons. The molecule has 7 heteroatoms. The fourth-order valence-electron chi connectivity index (χ4n) is 3.93. The molecule has 3 aromatic rings. The van der Waals surface area contributed by atoms with Gasteiger partial charge in [-0.05, 0) is 49.4 Å². The number of anilines is 5. The molecule has 1 amide bonds. The summed E-state index contributed by atoms with van der Waals surface area (Å²) in [7, 11) is 1.35. The Morgan fingerprint density at radius 3 is 2.55 bits per heavy atom. The van der Waals surface area contributed by atoms with E-state index in [4.69, 9.17) is 4.74 Å². The minimum Gasteiger partial charge on any atom is -0.508 e. The first-order chi connectivity index (χ1) is 14.9. The van der Waals surface area contributed by atoms with Gasteiger partial charge in [0.05, 0.1) is 41.5 Å². The van der Waals surface area contributed by atoms with Crippen LogP contribution in [0.5, 0.6) is 5.75 Å². The van der Waals surface area contributed by atoms with Crippen molar-refractivity contribution in [1.29, 1.82) is 0 Å². The summed E-state index contributed by atoms with van der Waals surface area (Å²) in [5.74, 6) is -0.514. The van der Waals surface area contributed by atoms with Crippen LogP contribution in [0.15, 0.2) is 60.7 Å². The number of phenolic OH excluding ortho intramolecular Hbond substituents is 1. The molecule has 0 radical (unpaired) electrons. The number of aromatic hydroxyl groups is 1. The lowest BCUT2D eigenvalue weighted by Crippen LogP contribution is -2.27. The topological polar surface area (TPSA) is 90.9 Å². The van der Waals surface area contributed by atoms with E-state index in [0.717, 1.165) is 17.1 Å². The summed E-state index contributed by atoms with van der Waals surface area (Å²) >= 11 is 0. The van der Waals surface area contributed by atoms with Crippen molar-refractivity contribution in [2.75, 3.05) is 22.6 Å². The van der Waals surface area contributed by atoms with Gasteiger partial charge in [0.25, 0.3) is 0 Å². The SMILES string of the molecule is COC(=O)c1cccc2c1Nc1ccccc1N2C(C)c1cc(NC(C)=O)ccc1O. The van der Waals surface area contributed by atoms with Crippen LogP contribution in [0.1, 0.15) is 35.8 Å². The van der Waals surface area contributed by atoms with Gasteiger partial charge in [0, 0.05) is 18.2 Å². The van der Waals surface area contributed by atoms with Crippen LogP contribution >= 0.6 is 0 Å². The van der Waals surface area contributed by atoms with Crippen LogP contribution in [0.2, 0.25) is 0 Å². The fourth-order valence-corrected chi connectivity index (χ4v) is 3.93. The molecule has 0 spiro atoms. The predicted molar refractivity (Wildman–Crippen MR) is 120 cm³/mol. The Hall–Kier alpha value is -4.00. The number of ether oxygens (including phenoxy) is 1.